The summed E-state index contributed by atoms with van der Waals surface area (Å²) in [6, 6.07) is 13.8. The fourth-order valence-electron chi connectivity index (χ4n) is 3.42. The number of ether oxygens (including phenoxy) is 6. The van der Waals surface area contributed by atoms with Gasteiger partial charge in [-0.2, -0.15) is 10.5 Å². The Kier molecular flexibility index (Phi) is 13.3. The number of nitriles is 2. The molecule has 0 N–H and O–H groups in total. The minimum absolute atomic E-state index is 0.0366. The van der Waals surface area contributed by atoms with Crippen LogP contribution in [0, 0.1) is 22.7 Å². The zero-order chi connectivity index (χ0) is 33.0. The number of alkyl halides is 3. The minimum atomic E-state index is -0.764. The Hall–Kier alpha value is -5.01. The second kappa shape index (κ2) is 16.6. The number of methoxy groups -OCH3 is 4. The maximum absolute atomic E-state index is 12.2. The number of esters is 4. The molecule has 0 saturated carbocycles. The molecular weight excluding hydrogens is 643 g/mol. The van der Waals surface area contributed by atoms with Crippen molar-refractivity contribution < 1.29 is 47.6 Å². The van der Waals surface area contributed by atoms with E-state index in [-0.39, 0.29) is 56.4 Å². The molecule has 0 aliphatic carbocycles. The molecule has 3 aromatic carbocycles. The van der Waals surface area contributed by atoms with E-state index in [0.29, 0.717) is 0 Å². The van der Waals surface area contributed by atoms with Gasteiger partial charge >= 0.3 is 23.9 Å². The smallest absolute Gasteiger partial charge is 0.338 e. The van der Waals surface area contributed by atoms with Gasteiger partial charge in [-0.25, -0.2) is 19.2 Å². The maximum Gasteiger partial charge on any atom is 0.338 e. The number of nitrogens with zero attached hydrogens (tertiary/aromatic N) is 2. The molecule has 228 valence electrons. The van der Waals surface area contributed by atoms with Gasteiger partial charge in [-0.05, 0) is 36.4 Å². The third-order valence-corrected chi connectivity index (χ3v) is 5.28. The molecule has 0 aromatic heterocycles. The number of hydrogen-bond donors (Lipinski definition) is 0. The topological polar surface area (TPSA) is 171 Å². The summed E-state index contributed by atoms with van der Waals surface area (Å²) in [5.74, 6) is -3.37. The molecule has 0 spiro atoms. The Balaban J connectivity index is 0.00000159. The summed E-state index contributed by atoms with van der Waals surface area (Å²) in [5.41, 5.74) is -0.284. The lowest BCUT2D eigenvalue weighted by atomic mass is 10.1. The van der Waals surface area contributed by atoms with Gasteiger partial charge in [-0.1, -0.05) is 34.8 Å². The van der Waals surface area contributed by atoms with Gasteiger partial charge in [-0.15, -0.1) is 0 Å². The van der Waals surface area contributed by atoms with E-state index in [9.17, 15) is 29.7 Å². The van der Waals surface area contributed by atoms with Gasteiger partial charge in [0.1, 0.15) is 23.6 Å². The first kappa shape index (κ1) is 35.2. The second-order valence-electron chi connectivity index (χ2n) is 7.98. The Morgan fingerprint density at radius 3 is 1.00 bits per heavy atom. The number of carbonyl (C=O) groups excluding carboxylic acids is 4. The Labute approximate surface area is 266 Å². The molecular formula is C29H21Cl3N2O10. The van der Waals surface area contributed by atoms with Gasteiger partial charge in [0.25, 0.3) is 0 Å². The van der Waals surface area contributed by atoms with E-state index < -0.39 is 28.2 Å². The highest BCUT2D eigenvalue weighted by Gasteiger charge is 2.20. The van der Waals surface area contributed by atoms with Crippen molar-refractivity contribution >= 4 is 58.7 Å². The second-order valence-corrected chi connectivity index (χ2v) is 9.96. The molecule has 0 unspecified atom stereocenters. The number of hydrogen-bond acceptors (Lipinski definition) is 12. The summed E-state index contributed by atoms with van der Waals surface area (Å²) in [7, 11) is 4.63. The monoisotopic (exact) mass is 662 g/mol. The first-order chi connectivity index (χ1) is 20.9. The van der Waals surface area contributed by atoms with Crippen LogP contribution in [0.15, 0.2) is 48.5 Å². The molecule has 0 fully saturated rings. The lowest BCUT2D eigenvalue weighted by molar-refractivity contribution is 0.0581. The fourth-order valence-corrected chi connectivity index (χ4v) is 3.42. The number of benzene rings is 3. The predicted molar refractivity (Wildman–Crippen MR) is 156 cm³/mol. The van der Waals surface area contributed by atoms with Crippen molar-refractivity contribution in [1.29, 1.82) is 10.5 Å². The van der Waals surface area contributed by atoms with Gasteiger partial charge in [0.05, 0.1) is 61.8 Å². The van der Waals surface area contributed by atoms with Gasteiger partial charge in [0, 0.05) is 12.1 Å². The van der Waals surface area contributed by atoms with Crippen LogP contribution in [0.1, 0.15) is 52.6 Å². The van der Waals surface area contributed by atoms with Crippen molar-refractivity contribution in [1.82, 2.24) is 0 Å². The number of carbonyl (C=O) groups is 4. The van der Waals surface area contributed by atoms with E-state index in [2.05, 4.69) is 0 Å². The lowest BCUT2D eigenvalue weighted by Gasteiger charge is -2.15. The zero-order valence-electron chi connectivity index (χ0n) is 23.3. The standard InChI is InChI=1S/C28H20N2O10.CHCl3/c1-35-25(31)15-5-16(26(32)36-2)8-21(7-15)39-23-11-19(13-29)20(14-30)12-24(23)40-22-9-17(27(33)37-3)6-18(10-22)28(34)38-4;2-1(3)4/h5-12H,1-4H3;1H. The summed E-state index contributed by atoms with van der Waals surface area (Å²) < 4.78 is 30.0. The van der Waals surface area contributed by atoms with Crippen molar-refractivity contribution in [3.63, 3.8) is 0 Å². The summed E-state index contributed by atoms with van der Waals surface area (Å²) in [5, 5.41) is 19.1. The third-order valence-electron chi connectivity index (χ3n) is 5.28. The summed E-state index contributed by atoms with van der Waals surface area (Å²) >= 11 is 14.4. The van der Waals surface area contributed by atoms with E-state index in [0.717, 1.165) is 28.4 Å². The molecule has 0 bridgehead atoms. The fraction of sp³-hybridized carbons (Fsp3) is 0.172. The first-order valence-corrected chi connectivity index (χ1v) is 13.1. The third kappa shape index (κ3) is 9.51. The van der Waals surface area contributed by atoms with Crippen molar-refractivity contribution in [2.45, 2.75) is 4.30 Å². The summed E-state index contributed by atoms with van der Waals surface area (Å²) in [6.45, 7) is 0. The zero-order valence-corrected chi connectivity index (χ0v) is 25.6. The molecule has 3 aromatic rings. The van der Waals surface area contributed by atoms with Gasteiger partial charge < -0.3 is 28.4 Å². The van der Waals surface area contributed by atoms with Crippen molar-refractivity contribution in [2.75, 3.05) is 28.4 Å². The van der Waals surface area contributed by atoms with Crippen LogP contribution in [0.3, 0.4) is 0 Å². The average molecular weight is 664 g/mol. The molecule has 0 atom stereocenters. The van der Waals surface area contributed by atoms with E-state index >= 15 is 0 Å². The molecule has 12 nitrogen and oxygen atoms in total. The van der Waals surface area contributed by atoms with Gasteiger partial charge in [0.2, 0.25) is 0 Å². The number of rotatable bonds is 8. The molecule has 0 radical (unpaired) electrons. The van der Waals surface area contributed by atoms with Crippen LogP contribution >= 0.6 is 34.8 Å². The van der Waals surface area contributed by atoms with Crippen LogP contribution in [-0.4, -0.2) is 56.6 Å². The first-order valence-electron chi connectivity index (χ1n) is 11.8. The summed E-state index contributed by atoms with van der Waals surface area (Å²) in [4.78, 5) is 48.8. The minimum Gasteiger partial charge on any atom is -0.465 e. The normalized spacial score (nSPS) is 9.77. The number of halogens is 3. The van der Waals surface area contributed by atoms with E-state index in [1.165, 1.54) is 48.5 Å². The predicted octanol–water partition coefficient (Wildman–Crippen LogP) is 6.15. The molecule has 0 amide bonds. The van der Waals surface area contributed by atoms with Crippen LogP contribution in [0.25, 0.3) is 0 Å². The van der Waals surface area contributed by atoms with Crippen LogP contribution in [-0.2, 0) is 18.9 Å². The van der Waals surface area contributed by atoms with E-state index in [1.807, 2.05) is 12.1 Å². The molecule has 0 aliphatic rings. The SMILES string of the molecule is COC(=O)c1cc(Oc2cc(C#N)c(C#N)cc2Oc2cc(C(=O)OC)cc(C(=O)OC)c2)cc(C(=O)OC)c1.ClC(Cl)Cl. The molecule has 15 heteroatoms. The highest BCUT2D eigenvalue weighted by Crippen LogP contribution is 2.38. The highest BCUT2D eigenvalue weighted by molar-refractivity contribution is 6.63. The van der Waals surface area contributed by atoms with Crippen LogP contribution < -0.4 is 9.47 Å². The Morgan fingerprint density at radius 2 is 0.795 bits per heavy atom. The van der Waals surface area contributed by atoms with Gasteiger partial charge in [-0.3, -0.25) is 0 Å². The van der Waals surface area contributed by atoms with Crippen LogP contribution in [0.5, 0.6) is 23.0 Å². The van der Waals surface area contributed by atoms with E-state index in [1.54, 1.807) is 0 Å². The van der Waals surface area contributed by atoms with Crippen molar-refractivity contribution in [3.8, 4) is 35.1 Å². The largest absolute Gasteiger partial charge is 0.465 e. The Bertz CT molecular complexity index is 1470. The van der Waals surface area contributed by atoms with Gasteiger partial charge in [0.15, 0.2) is 15.8 Å². The lowest BCUT2D eigenvalue weighted by Crippen LogP contribution is -2.07. The maximum atomic E-state index is 12.2. The summed E-state index contributed by atoms with van der Waals surface area (Å²) in [6.07, 6.45) is 0. The Morgan fingerprint density at radius 1 is 0.545 bits per heavy atom. The van der Waals surface area contributed by atoms with Crippen molar-refractivity contribution in [3.05, 3.63) is 81.9 Å². The van der Waals surface area contributed by atoms with E-state index in [4.69, 9.17) is 63.2 Å². The van der Waals surface area contributed by atoms with Crippen LogP contribution in [0.4, 0.5) is 0 Å². The quantitative estimate of drug-likeness (QED) is 0.153. The highest BCUT2D eigenvalue weighted by atomic mass is 35.6. The van der Waals surface area contributed by atoms with Crippen molar-refractivity contribution in [2.24, 2.45) is 0 Å². The molecule has 3 rings (SSSR count). The average Bonchev–Trinajstić information content (AvgIpc) is 3.02. The molecule has 0 heterocycles. The molecule has 0 saturated heterocycles. The molecule has 44 heavy (non-hydrogen) atoms. The van der Waals surface area contributed by atoms with Crippen LogP contribution in [0.2, 0.25) is 0 Å². The molecule has 0 aliphatic heterocycles.